The Morgan fingerprint density at radius 3 is 1.95 bits per heavy atom. The van der Waals surface area contributed by atoms with E-state index in [1.54, 1.807) is 0 Å². The molecule has 2 heterocycles. The van der Waals surface area contributed by atoms with Crippen molar-refractivity contribution in [1.29, 1.82) is 0 Å². The second-order valence-electron chi connectivity index (χ2n) is 18.7. The first-order chi connectivity index (χ1) is 28.1. The van der Waals surface area contributed by atoms with Crippen LogP contribution in [0.15, 0.2) is 140 Å². The maximum atomic E-state index is 6.65. The van der Waals surface area contributed by atoms with Crippen LogP contribution in [-0.4, -0.2) is 9.13 Å². The Bertz CT molecular complexity index is 3020. The molecule has 0 aliphatic carbocycles. The van der Waals surface area contributed by atoms with Crippen molar-refractivity contribution in [3.8, 4) is 39.7 Å². The molecule has 0 unspecified atom stereocenters. The zero-order chi connectivity index (χ0) is 41.3. The molecule has 7 aromatic carbocycles. The monoisotopic (exact) mass is 963 g/mol. The average molecular weight is 964 g/mol. The van der Waals surface area contributed by atoms with Gasteiger partial charge in [-0.25, -0.2) is 0 Å². The van der Waals surface area contributed by atoms with Crippen LogP contribution in [0.1, 0.15) is 79.0 Å². The summed E-state index contributed by atoms with van der Waals surface area (Å²) >= 11 is 0. The molecule has 0 aliphatic heterocycles. The molecule has 9 aromatic rings. The molecule has 0 fully saturated rings. The molecule has 0 amide bonds. The molecule has 0 saturated heterocycles. The van der Waals surface area contributed by atoms with Crippen molar-refractivity contribution < 1.29 is 30.4 Å². The molecule has 2 aromatic heterocycles. The number of benzene rings is 7. The average Bonchev–Trinajstić information content (AvgIpc) is 3.76. The van der Waals surface area contributed by atoms with Crippen molar-refractivity contribution in [2.45, 2.75) is 78.6 Å². The Morgan fingerprint density at radius 1 is 0.533 bits per heavy atom. The van der Waals surface area contributed by atoms with E-state index in [0.29, 0.717) is 11.5 Å². The van der Waals surface area contributed by atoms with Gasteiger partial charge in [-0.05, 0) is 61.7 Å². The Hall–Kier alpha value is -5.70. The molecule has 9 rings (SSSR count). The summed E-state index contributed by atoms with van der Waals surface area (Å²) in [5.41, 5.74) is 13.1. The summed E-state index contributed by atoms with van der Waals surface area (Å²) in [6.45, 7) is 20.3. The molecule has 0 saturated carbocycles. The molecule has 0 atom stereocenters. The minimum absolute atomic E-state index is 0. The van der Waals surface area contributed by atoms with Crippen LogP contribution in [0.2, 0.25) is 0 Å². The summed E-state index contributed by atoms with van der Waals surface area (Å²) in [5.74, 6) is 1.20. The summed E-state index contributed by atoms with van der Waals surface area (Å²) in [6, 6.07) is 60.1. The Labute approximate surface area is 369 Å². The summed E-state index contributed by atoms with van der Waals surface area (Å²) < 4.78 is 13.2. The van der Waals surface area contributed by atoms with Crippen LogP contribution in [0, 0.1) is 24.5 Å². The van der Waals surface area contributed by atoms with Crippen molar-refractivity contribution in [3.05, 3.63) is 181 Å². The topological polar surface area (TPSA) is 23.0 Å². The molecule has 0 radical (unpaired) electrons. The van der Waals surface area contributed by atoms with E-state index in [2.05, 4.69) is 216 Å². The van der Waals surface area contributed by atoms with Crippen molar-refractivity contribution in [2.24, 2.45) is 0 Å². The zero-order valence-corrected chi connectivity index (χ0v) is 38.1. The van der Waals surface area contributed by atoms with Crippen molar-refractivity contribution >= 4 is 32.8 Å². The quantitative estimate of drug-likeness (QED) is 0.120. The van der Waals surface area contributed by atoms with Crippen LogP contribution in [0.3, 0.4) is 0 Å². The van der Waals surface area contributed by atoms with E-state index in [9.17, 15) is 0 Å². The third-order valence-corrected chi connectivity index (χ3v) is 11.4. The molecule has 5 heteroatoms. The molecule has 60 heavy (non-hydrogen) atoms. The molecule has 0 spiro atoms. The van der Waals surface area contributed by atoms with Gasteiger partial charge in [0.1, 0.15) is 0 Å². The van der Waals surface area contributed by atoms with Gasteiger partial charge in [-0.15, -0.1) is 35.7 Å². The van der Waals surface area contributed by atoms with Gasteiger partial charge in [0.15, 0.2) is 0 Å². The Balaban J connectivity index is 0.00000499. The number of para-hydroxylation sites is 2. The van der Waals surface area contributed by atoms with E-state index in [4.69, 9.17) is 4.74 Å². The number of hydrogen-bond acceptors (Lipinski definition) is 1. The molecule has 0 bridgehead atoms. The van der Waals surface area contributed by atoms with Crippen LogP contribution in [0.25, 0.3) is 61.0 Å². The van der Waals surface area contributed by atoms with Gasteiger partial charge in [-0.1, -0.05) is 152 Å². The van der Waals surface area contributed by atoms with Gasteiger partial charge in [-0.2, -0.15) is 42.0 Å². The van der Waals surface area contributed by atoms with Gasteiger partial charge in [-0.3, -0.25) is 4.57 Å². The van der Waals surface area contributed by atoms with Crippen LogP contribution in [-0.2, 0) is 37.3 Å². The molecular formula is C55H50N3OPt+. The predicted molar refractivity (Wildman–Crippen MR) is 243 cm³/mol. The first-order valence-corrected chi connectivity index (χ1v) is 20.5. The summed E-state index contributed by atoms with van der Waals surface area (Å²) in [5, 5.41) is 2.30. The van der Waals surface area contributed by atoms with Crippen LogP contribution in [0.4, 0.5) is 0 Å². The second kappa shape index (κ2) is 15.4. The van der Waals surface area contributed by atoms with E-state index < -0.39 is 0 Å². The van der Waals surface area contributed by atoms with Crippen LogP contribution in [0.5, 0.6) is 11.5 Å². The maximum Gasteiger partial charge on any atom is 4.00 e. The number of fused-ring (bicyclic) bond motifs is 4. The first kappa shape index (κ1) is 41.1. The van der Waals surface area contributed by atoms with E-state index in [0.717, 1.165) is 55.6 Å². The predicted octanol–water partition coefficient (Wildman–Crippen LogP) is 13.6. The Kier molecular flexibility index (Phi) is 10.5. The minimum Gasteiger partial charge on any atom is -0.510 e. The largest absolute Gasteiger partial charge is 4.00 e. The van der Waals surface area contributed by atoms with Crippen molar-refractivity contribution in [1.82, 2.24) is 9.13 Å². The van der Waals surface area contributed by atoms with Gasteiger partial charge in [0.2, 0.25) is 0 Å². The fraction of sp³-hybridized carbons (Fsp3) is 0.218. The summed E-state index contributed by atoms with van der Waals surface area (Å²) in [4.78, 5) is 0. The molecule has 0 N–H and O–H groups in total. The van der Waals surface area contributed by atoms with Gasteiger partial charge >= 0.3 is 21.1 Å². The van der Waals surface area contributed by atoms with E-state index in [1.165, 1.54) is 22.1 Å². The summed E-state index contributed by atoms with van der Waals surface area (Å²) in [6.07, 6.45) is 3.71. The third-order valence-electron chi connectivity index (χ3n) is 11.4. The molecule has 4 nitrogen and oxygen atoms in total. The van der Waals surface area contributed by atoms with Gasteiger partial charge < -0.3 is 13.9 Å². The smallest absolute Gasteiger partial charge is 0.510 e. The van der Waals surface area contributed by atoms with Gasteiger partial charge in [0.05, 0.1) is 16.7 Å². The fourth-order valence-electron chi connectivity index (χ4n) is 7.96. The number of imidazole rings is 1. The fourth-order valence-corrected chi connectivity index (χ4v) is 7.96. The van der Waals surface area contributed by atoms with E-state index in [-0.39, 0.29) is 37.3 Å². The third kappa shape index (κ3) is 7.63. The molecule has 300 valence electrons. The SMILES string of the molecule is CC(C)(C)c1cc[c-]c(-n2c3[c-]c(Oc4[c-]c(-n5[c-][n+](-c6ccc(C(C)(C)C)cc6-c6ccccc6)c6ccccc65)ccc4)ccc3c3cc(C(C)(C)C)ccc32)c1.[Pt+4]. The number of aromatic nitrogens is 3. The van der Waals surface area contributed by atoms with Crippen molar-refractivity contribution in [3.63, 3.8) is 0 Å². The number of nitrogens with zero attached hydrogens (tertiary/aromatic N) is 3. The number of hydrogen-bond donors (Lipinski definition) is 0. The van der Waals surface area contributed by atoms with Crippen molar-refractivity contribution in [2.75, 3.05) is 0 Å². The van der Waals surface area contributed by atoms with Crippen LogP contribution < -0.4 is 9.30 Å². The normalized spacial score (nSPS) is 12.3. The standard InChI is InChI=1S/C55H50N3O.Pt/c1-53(2,3)38-19-15-21-42(31-38)58-49-30-26-40(55(7,8)9)33-47(49)45-28-27-44(35-52(45)58)59-43-22-16-20-41(34-43)56-36-57(51-24-14-13-23-50(51)56)48-29-25-39(54(4,5)6)32-46(48)37-17-11-10-12-18-37;/h10-20,22-33H,1-9H3;/q-3;+4. The molecular weight excluding hydrogens is 914 g/mol. The van der Waals surface area contributed by atoms with E-state index in [1.807, 2.05) is 24.3 Å². The minimum atomic E-state index is -0.0103. The van der Waals surface area contributed by atoms with E-state index >= 15 is 0 Å². The number of ether oxygens (including phenoxy) is 1. The zero-order valence-electron chi connectivity index (χ0n) is 35.8. The van der Waals surface area contributed by atoms with Gasteiger partial charge in [0.25, 0.3) is 6.33 Å². The first-order valence-electron chi connectivity index (χ1n) is 20.5. The maximum absolute atomic E-state index is 6.65. The number of rotatable bonds is 6. The Morgan fingerprint density at radius 2 is 1.20 bits per heavy atom. The van der Waals surface area contributed by atoms with Crippen LogP contribution >= 0.6 is 0 Å². The molecule has 0 aliphatic rings. The van der Waals surface area contributed by atoms with Gasteiger partial charge in [0, 0.05) is 17.0 Å². The second-order valence-corrected chi connectivity index (χ2v) is 18.7. The summed E-state index contributed by atoms with van der Waals surface area (Å²) in [7, 11) is 0.